The van der Waals surface area contributed by atoms with Gasteiger partial charge in [0.1, 0.15) is 5.82 Å². The average molecular weight is 331 g/mol. The summed E-state index contributed by atoms with van der Waals surface area (Å²) in [6.45, 7) is 0. The van der Waals surface area contributed by atoms with Crippen molar-refractivity contribution in [3.8, 4) is 6.07 Å². The van der Waals surface area contributed by atoms with Crippen molar-refractivity contribution in [2.24, 2.45) is 0 Å². The van der Waals surface area contributed by atoms with Crippen LogP contribution in [-0.2, 0) is 0 Å². The maximum Gasteiger partial charge on any atom is 0.252 e. The Morgan fingerprint density at radius 3 is 2.16 bits per heavy atom. The van der Waals surface area contributed by atoms with E-state index in [1.165, 1.54) is 12.1 Å². The van der Waals surface area contributed by atoms with E-state index in [9.17, 15) is 9.18 Å². The summed E-state index contributed by atoms with van der Waals surface area (Å²) < 4.78 is 13.2. The molecule has 0 radical (unpaired) electrons. The number of carbonyl (C=O) groups is 1. The van der Waals surface area contributed by atoms with Gasteiger partial charge in [-0.05, 0) is 59.7 Å². The van der Waals surface area contributed by atoms with Crippen LogP contribution in [-0.4, -0.2) is 10.9 Å². The normalized spacial score (nSPS) is 11.4. The summed E-state index contributed by atoms with van der Waals surface area (Å²) in [6.07, 6.45) is 3.28. The molecule has 1 N–H and O–H groups in total. The quantitative estimate of drug-likeness (QED) is 0.794. The largest absolute Gasteiger partial charge is 0.341 e. The third kappa shape index (κ3) is 3.88. The van der Waals surface area contributed by atoms with E-state index in [0.717, 1.165) is 11.1 Å². The fourth-order valence-electron chi connectivity index (χ4n) is 2.48. The lowest BCUT2D eigenvalue weighted by Gasteiger charge is -2.20. The van der Waals surface area contributed by atoms with E-state index in [4.69, 9.17) is 5.26 Å². The van der Waals surface area contributed by atoms with Crippen molar-refractivity contribution in [3.63, 3.8) is 0 Å². The highest BCUT2D eigenvalue weighted by atomic mass is 19.1. The zero-order valence-corrected chi connectivity index (χ0v) is 13.2. The second-order valence-corrected chi connectivity index (χ2v) is 5.43. The smallest absolute Gasteiger partial charge is 0.252 e. The minimum absolute atomic E-state index is 0.282. The highest BCUT2D eigenvalue weighted by molar-refractivity contribution is 5.94. The number of hydrogen-bond acceptors (Lipinski definition) is 3. The summed E-state index contributed by atoms with van der Waals surface area (Å²) in [5, 5.41) is 11.8. The van der Waals surface area contributed by atoms with Gasteiger partial charge in [-0.1, -0.05) is 12.1 Å². The third-order valence-corrected chi connectivity index (χ3v) is 3.79. The zero-order valence-electron chi connectivity index (χ0n) is 13.2. The van der Waals surface area contributed by atoms with Gasteiger partial charge in [-0.3, -0.25) is 9.78 Å². The number of nitrogens with zero attached hydrogens (tertiary/aromatic N) is 2. The molecule has 2 aromatic carbocycles. The van der Waals surface area contributed by atoms with Gasteiger partial charge in [0.25, 0.3) is 5.91 Å². The van der Waals surface area contributed by atoms with Crippen molar-refractivity contribution < 1.29 is 9.18 Å². The summed E-state index contributed by atoms with van der Waals surface area (Å²) >= 11 is 0. The maximum atomic E-state index is 13.2. The van der Waals surface area contributed by atoms with Crippen molar-refractivity contribution >= 4 is 5.91 Å². The molecule has 5 heteroatoms. The Morgan fingerprint density at radius 2 is 1.56 bits per heavy atom. The fourth-order valence-corrected chi connectivity index (χ4v) is 2.48. The van der Waals surface area contributed by atoms with Gasteiger partial charge in [-0.2, -0.15) is 5.26 Å². The van der Waals surface area contributed by atoms with Crippen molar-refractivity contribution in [1.29, 1.82) is 5.26 Å². The summed E-state index contributed by atoms with van der Waals surface area (Å²) in [5.74, 6) is -0.619. The van der Waals surface area contributed by atoms with E-state index < -0.39 is 6.04 Å². The van der Waals surface area contributed by atoms with E-state index in [1.54, 1.807) is 60.9 Å². The molecule has 25 heavy (non-hydrogen) atoms. The lowest BCUT2D eigenvalue weighted by atomic mass is 9.99. The third-order valence-electron chi connectivity index (χ3n) is 3.79. The monoisotopic (exact) mass is 331 g/mol. The van der Waals surface area contributed by atoms with Gasteiger partial charge >= 0.3 is 0 Å². The minimum atomic E-state index is -0.438. The Labute approximate surface area is 144 Å². The van der Waals surface area contributed by atoms with Gasteiger partial charge < -0.3 is 5.32 Å². The van der Waals surface area contributed by atoms with E-state index in [2.05, 4.69) is 10.3 Å². The molecule has 0 saturated carbocycles. The number of amides is 1. The predicted octanol–water partition coefficient (Wildman–Crippen LogP) is 3.61. The molecule has 3 aromatic rings. The lowest BCUT2D eigenvalue weighted by Crippen LogP contribution is -2.29. The molecule has 1 atom stereocenters. The number of carbonyl (C=O) groups excluding carboxylic acids is 1. The van der Waals surface area contributed by atoms with Crippen LogP contribution in [0.25, 0.3) is 0 Å². The Balaban J connectivity index is 1.90. The van der Waals surface area contributed by atoms with Crippen LogP contribution in [0.3, 0.4) is 0 Å². The van der Waals surface area contributed by atoms with Crippen molar-refractivity contribution in [3.05, 3.63) is 101 Å². The van der Waals surface area contributed by atoms with Crippen LogP contribution in [0.15, 0.2) is 73.1 Å². The number of nitriles is 1. The number of hydrogen-bond donors (Lipinski definition) is 1. The standard InChI is InChI=1S/C20H14FN3O/c21-18-7-5-15(6-8-18)19(16-9-11-23-12-10-16)24-20(25)17-3-1-14(13-22)2-4-17/h1-12,19H,(H,24,25)/t19-/m0/s1. The topological polar surface area (TPSA) is 65.8 Å². The van der Waals surface area contributed by atoms with Crippen LogP contribution in [0.2, 0.25) is 0 Å². The molecule has 0 unspecified atom stereocenters. The van der Waals surface area contributed by atoms with Gasteiger partial charge in [-0.15, -0.1) is 0 Å². The molecule has 122 valence electrons. The summed E-state index contributed by atoms with van der Waals surface area (Å²) in [4.78, 5) is 16.6. The Bertz CT molecular complexity index is 900. The van der Waals surface area contributed by atoms with Gasteiger partial charge in [0.15, 0.2) is 0 Å². The van der Waals surface area contributed by atoms with Crippen LogP contribution in [0.4, 0.5) is 4.39 Å². The van der Waals surface area contributed by atoms with Crippen LogP contribution in [0.5, 0.6) is 0 Å². The minimum Gasteiger partial charge on any atom is -0.341 e. The van der Waals surface area contributed by atoms with Gasteiger partial charge in [0.2, 0.25) is 0 Å². The highest BCUT2D eigenvalue weighted by Gasteiger charge is 2.18. The fraction of sp³-hybridized carbons (Fsp3) is 0.0500. The molecular formula is C20H14FN3O. The van der Waals surface area contributed by atoms with E-state index in [1.807, 2.05) is 6.07 Å². The summed E-state index contributed by atoms with van der Waals surface area (Å²) in [6, 6.07) is 17.6. The Hall–Kier alpha value is -3.52. The highest BCUT2D eigenvalue weighted by Crippen LogP contribution is 2.22. The van der Waals surface area contributed by atoms with E-state index in [0.29, 0.717) is 11.1 Å². The molecule has 0 aliphatic carbocycles. The Kier molecular flexibility index (Phi) is 4.82. The molecule has 4 nitrogen and oxygen atoms in total. The molecule has 3 rings (SSSR count). The predicted molar refractivity (Wildman–Crippen MR) is 91.1 cm³/mol. The summed E-state index contributed by atoms with van der Waals surface area (Å²) in [5.41, 5.74) is 2.53. The number of halogens is 1. The van der Waals surface area contributed by atoms with Crippen LogP contribution >= 0.6 is 0 Å². The number of pyridine rings is 1. The van der Waals surface area contributed by atoms with Gasteiger partial charge in [0, 0.05) is 18.0 Å². The lowest BCUT2D eigenvalue weighted by molar-refractivity contribution is 0.0943. The zero-order chi connectivity index (χ0) is 17.6. The molecular weight excluding hydrogens is 317 g/mol. The first-order valence-corrected chi connectivity index (χ1v) is 7.64. The van der Waals surface area contributed by atoms with Crippen molar-refractivity contribution in [1.82, 2.24) is 10.3 Å². The number of rotatable bonds is 4. The van der Waals surface area contributed by atoms with Gasteiger partial charge in [-0.25, -0.2) is 4.39 Å². The first-order chi connectivity index (χ1) is 12.2. The first-order valence-electron chi connectivity index (χ1n) is 7.64. The number of benzene rings is 2. The summed E-state index contributed by atoms with van der Waals surface area (Å²) in [7, 11) is 0. The molecule has 0 spiro atoms. The van der Waals surface area contributed by atoms with Crippen LogP contribution in [0, 0.1) is 17.1 Å². The van der Waals surface area contributed by atoms with Gasteiger partial charge in [0.05, 0.1) is 17.7 Å². The molecule has 1 amide bonds. The molecule has 1 heterocycles. The second kappa shape index (κ2) is 7.37. The molecule has 1 aromatic heterocycles. The second-order valence-electron chi connectivity index (χ2n) is 5.43. The Morgan fingerprint density at radius 1 is 0.960 bits per heavy atom. The van der Waals surface area contributed by atoms with E-state index >= 15 is 0 Å². The van der Waals surface area contributed by atoms with Crippen LogP contribution < -0.4 is 5.32 Å². The SMILES string of the molecule is N#Cc1ccc(C(=O)N[C@H](c2ccncc2)c2ccc(F)cc2)cc1. The maximum absolute atomic E-state index is 13.2. The number of nitrogens with one attached hydrogen (secondary N) is 1. The number of aromatic nitrogens is 1. The molecule has 0 bridgehead atoms. The first kappa shape index (κ1) is 16.3. The van der Waals surface area contributed by atoms with Crippen LogP contribution in [0.1, 0.15) is 33.1 Å². The van der Waals surface area contributed by atoms with Crippen molar-refractivity contribution in [2.45, 2.75) is 6.04 Å². The molecule has 0 saturated heterocycles. The average Bonchev–Trinajstić information content (AvgIpc) is 2.67. The van der Waals surface area contributed by atoms with E-state index in [-0.39, 0.29) is 11.7 Å². The molecule has 0 aliphatic heterocycles. The molecule has 0 fully saturated rings. The molecule has 0 aliphatic rings. The van der Waals surface area contributed by atoms with Crippen molar-refractivity contribution in [2.75, 3.05) is 0 Å².